The Morgan fingerprint density at radius 2 is 2.03 bits per heavy atom. The van der Waals surface area contributed by atoms with Gasteiger partial charge in [0.2, 0.25) is 5.91 Å². The van der Waals surface area contributed by atoms with E-state index >= 15 is 0 Å². The second-order valence-corrected chi connectivity index (χ2v) is 6.92. The van der Waals surface area contributed by atoms with Gasteiger partial charge in [-0.15, -0.1) is 0 Å². The fourth-order valence-corrected chi connectivity index (χ4v) is 3.55. The van der Waals surface area contributed by atoms with E-state index in [1.807, 2.05) is 0 Å². The van der Waals surface area contributed by atoms with Crippen LogP contribution in [0.25, 0.3) is 10.8 Å². The van der Waals surface area contributed by atoms with Gasteiger partial charge in [0.25, 0.3) is 5.69 Å². The van der Waals surface area contributed by atoms with Crippen molar-refractivity contribution < 1.29 is 14.2 Å². The van der Waals surface area contributed by atoms with E-state index in [0.717, 1.165) is 11.1 Å². The highest BCUT2D eigenvalue weighted by molar-refractivity contribution is 5.99. The predicted octanol–water partition coefficient (Wildman–Crippen LogP) is 2.20. The molecule has 2 aromatic heterocycles. The molecule has 29 heavy (non-hydrogen) atoms. The van der Waals surface area contributed by atoms with Crippen LogP contribution < -0.4 is 10.2 Å². The zero-order valence-corrected chi connectivity index (χ0v) is 15.9. The van der Waals surface area contributed by atoms with E-state index in [9.17, 15) is 14.9 Å². The van der Waals surface area contributed by atoms with Gasteiger partial charge in [-0.05, 0) is 19.1 Å². The number of hydrogen-bond acceptors (Lipinski definition) is 8. The molecule has 10 heteroatoms. The van der Waals surface area contributed by atoms with Gasteiger partial charge < -0.3 is 14.7 Å². The van der Waals surface area contributed by atoms with Gasteiger partial charge in [-0.25, -0.2) is 0 Å². The Balaban J connectivity index is 1.41. The lowest BCUT2D eigenvalue weighted by Crippen LogP contribution is -2.48. The van der Waals surface area contributed by atoms with Crippen molar-refractivity contribution in [2.45, 2.75) is 6.92 Å². The summed E-state index contributed by atoms with van der Waals surface area (Å²) >= 11 is 0. The number of amides is 1. The van der Waals surface area contributed by atoms with Crippen molar-refractivity contribution >= 4 is 33.9 Å². The van der Waals surface area contributed by atoms with Crippen molar-refractivity contribution in [1.29, 1.82) is 0 Å². The molecule has 4 rings (SSSR count). The fraction of sp³-hybridized carbons (Fsp3) is 0.316. The number of nitrogens with zero attached hydrogens (tertiary/aromatic N) is 5. The SMILES string of the molecule is Cc1cc(NC(=O)CN2CCN(c3ccc([N+](=O)[O-])c4cnccc34)CC2)no1. The lowest BCUT2D eigenvalue weighted by atomic mass is 10.1. The van der Waals surface area contributed by atoms with Crippen LogP contribution in [0.15, 0.2) is 41.2 Å². The third-order valence-electron chi connectivity index (χ3n) is 4.94. The molecule has 1 N–H and O–H groups in total. The van der Waals surface area contributed by atoms with Gasteiger partial charge in [-0.2, -0.15) is 0 Å². The molecule has 0 radical (unpaired) electrons. The molecule has 10 nitrogen and oxygen atoms in total. The Hall–Kier alpha value is -3.53. The lowest BCUT2D eigenvalue weighted by molar-refractivity contribution is -0.383. The Morgan fingerprint density at radius 3 is 2.72 bits per heavy atom. The number of hydrogen-bond donors (Lipinski definition) is 1. The molecule has 3 heterocycles. The van der Waals surface area contributed by atoms with Crippen LogP contribution in [0.5, 0.6) is 0 Å². The summed E-state index contributed by atoms with van der Waals surface area (Å²) in [7, 11) is 0. The minimum absolute atomic E-state index is 0.0512. The van der Waals surface area contributed by atoms with Crippen molar-refractivity contribution in [1.82, 2.24) is 15.0 Å². The number of benzene rings is 1. The summed E-state index contributed by atoms with van der Waals surface area (Å²) in [5.41, 5.74) is 0.991. The first-order valence-corrected chi connectivity index (χ1v) is 9.23. The second kappa shape index (κ2) is 7.84. The molecular formula is C19H20N6O4. The van der Waals surface area contributed by atoms with Crippen LogP contribution in [-0.4, -0.2) is 58.6 Å². The average Bonchev–Trinajstić information content (AvgIpc) is 3.12. The number of carbonyl (C=O) groups is 1. The monoisotopic (exact) mass is 396 g/mol. The van der Waals surface area contributed by atoms with E-state index in [-0.39, 0.29) is 23.1 Å². The minimum Gasteiger partial charge on any atom is -0.368 e. The van der Waals surface area contributed by atoms with Gasteiger partial charge in [0.05, 0.1) is 16.9 Å². The highest BCUT2D eigenvalue weighted by Gasteiger charge is 2.23. The Bertz CT molecular complexity index is 1060. The predicted molar refractivity (Wildman–Crippen MR) is 107 cm³/mol. The number of aryl methyl sites for hydroxylation is 1. The molecule has 0 saturated carbocycles. The highest BCUT2D eigenvalue weighted by Crippen LogP contribution is 2.33. The van der Waals surface area contributed by atoms with E-state index in [0.29, 0.717) is 43.1 Å². The molecule has 1 saturated heterocycles. The molecular weight excluding hydrogens is 376 g/mol. The first-order chi connectivity index (χ1) is 14.0. The zero-order chi connectivity index (χ0) is 20.4. The lowest BCUT2D eigenvalue weighted by Gasteiger charge is -2.36. The summed E-state index contributed by atoms with van der Waals surface area (Å²) in [5.74, 6) is 0.912. The Morgan fingerprint density at radius 1 is 1.24 bits per heavy atom. The average molecular weight is 396 g/mol. The van der Waals surface area contributed by atoms with Crippen molar-refractivity contribution in [3.63, 3.8) is 0 Å². The van der Waals surface area contributed by atoms with Gasteiger partial charge >= 0.3 is 0 Å². The van der Waals surface area contributed by atoms with Gasteiger partial charge in [0.1, 0.15) is 5.76 Å². The summed E-state index contributed by atoms with van der Waals surface area (Å²) in [6.07, 6.45) is 3.17. The van der Waals surface area contributed by atoms with Crippen molar-refractivity contribution in [3.8, 4) is 0 Å². The number of nitro groups is 1. The van der Waals surface area contributed by atoms with Crippen LogP contribution in [0.4, 0.5) is 17.2 Å². The largest absolute Gasteiger partial charge is 0.368 e. The molecule has 1 aliphatic rings. The molecule has 1 fully saturated rings. The third-order valence-corrected chi connectivity index (χ3v) is 4.94. The maximum Gasteiger partial charge on any atom is 0.278 e. The summed E-state index contributed by atoms with van der Waals surface area (Å²) in [5, 5.41) is 19.1. The second-order valence-electron chi connectivity index (χ2n) is 6.92. The van der Waals surface area contributed by atoms with Crippen LogP contribution in [0, 0.1) is 17.0 Å². The van der Waals surface area contributed by atoms with Crippen molar-refractivity contribution in [3.05, 3.63) is 52.5 Å². The van der Waals surface area contributed by atoms with E-state index < -0.39 is 0 Å². The fourth-order valence-electron chi connectivity index (χ4n) is 3.55. The summed E-state index contributed by atoms with van der Waals surface area (Å²) in [6.45, 7) is 4.87. The summed E-state index contributed by atoms with van der Waals surface area (Å²) in [4.78, 5) is 31.4. The normalized spacial score (nSPS) is 14.9. The summed E-state index contributed by atoms with van der Waals surface area (Å²) in [6, 6.07) is 6.79. The number of nitrogens with one attached hydrogen (secondary N) is 1. The topological polar surface area (TPSA) is 118 Å². The molecule has 0 aliphatic carbocycles. The van der Waals surface area contributed by atoms with Crippen LogP contribution >= 0.6 is 0 Å². The van der Waals surface area contributed by atoms with E-state index in [2.05, 4.69) is 25.3 Å². The molecule has 0 bridgehead atoms. The quantitative estimate of drug-likeness (QED) is 0.515. The number of pyridine rings is 1. The molecule has 0 atom stereocenters. The zero-order valence-electron chi connectivity index (χ0n) is 15.9. The molecule has 3 aromatic rings. The first kappa shape index (κ1) is 18.8. The van der Waals surface area contributed by atoms with E-state index in [1.54, 1.807) is 31.3 Å². The number of rotatable bonds is 5. The van der Waals surface area contributed by atoms with Crippen LogP contribution in [0.1, 0.15) is 5.76 Å². The first-order valence-electron chi connectivity index (χ1n) is 9.23. The van der Waals surface area contributed by atoms with E-state index in [4.69, 9.17) is 4.52 Å². The van der Waals surface area contributed by atoms with Crippen molar-refractivity contribution in [2.75, 3.05) is 42.9 Å². The van der Waals surface area contributed by atoms with Gasteiger partial charge in [0, 0.05) is 61.8 Å². The molecule has 1 aliphatic heterocycles. The standard InChI is InChI=1S/C19H20N6O4/c1-13-10-18(22-29-13)21-19(26)12-23-6-8-24(9-7-23)16-2-3-17(25(27)28)15-11-20-5-4-14(15)16/h2-5,10-11H,6-9,12H2,1H3,(H,21,22,26). The Labute approximate surface area is 166 Å². The Kier molecular flexibility index (Phi) is 5.09. The summed E-state index contributed by atoms with van der Waals surface area (Å²) < 4.78 is 4.95. The third kappa shape index (κ3) is 4.02. The van der Waals surface area contributed by atoms with Crippen LogP contribution in [0.2, 0.25) is 0 Å². The number of carbonyl (C=O) groups excluding carboxylic acids is 1. The number of non-ortho nitro benzene ring substituents is 1. The van der Waals surface area contributed by atoms with Crippen molar-refractivity contribution in [2.24, 2.45) is 0 Å². The maximum absolute atomic E-state index is 12.2. The van der Waals surface area contributed by atoms with Gasteiger partial charge in [-0.3, -0.25) is 24.8 Å². The smallest absolute Gasteiger partial charge is 0.278 e. The van der Waals surface area contributed by atoms with Crippen LogP contribution in [0.3, 0.4) is 0 Å². The molecule has 0 unspecified atom stereocenters. The number of piperazine rings is 1. The number of anilines is 2. The molecule has 150 valence electrons. The number of nitro benzene ring substituents is 1. The van der Waals surface area contributed by atoms with Gasteiger partial charge in [-0.1, -0.05) is 5.16 Å². The van der Waals surface area contributed by atoms with Gasteiger partial charge in [0.15, 0.2) is 5.82 Å². The molecule has 1 aromatic carbocycles. The van der Waals surface area contributed by atoms with E-state index in [1.165, 1.54) is 12.3 Å². The molecule has 0 spiro atoms. The minimum atomic E-state index is -0.388. The highest BCUT2D eigenvalue weighted by atomic mass is 16.6. The number of fused-ring (bicyclic) bond motifs is 1. The number of aromatic nitrogens is 2. The molecule has 1 amide bonds. The maximum atomic E-state index is 12.2. The van der Waals surface area contributed by atoms with Crippen LogP contribution in [-0.2, 0) is 4.79 Å².